The van der Waals surface area contributed by atoms with Gasteiger partial charge in [-0.3, -0.25) is 14.6 Å². The van der Waals surface area contributed by atoms with Crippen molar-refractivity contribution in [1.82, 2.24) is 9.80 Å². The van der Waals surface area contributed by atoms with Gasteiger partial charge in [-0.1, -0.05) is 42.7 Å². The van der Waals surface area contributed by atoms with Crippen molar-refractivity contribution in [3.05, 3.63) is 77.4 Å². The third kappa shape index (κ3) is 4.53. The van der Waals surface area contributed by atoms with Gasteiger partial charge in [0.05, 0.1) is 13.2 Å². The first-order chi connectivity index (χ1) is 16.1. The monoisotopic (exact) mass is 438 g/mol. The lowest BCUT2D eigenvalue weighted by Crippen LogP contribution is -2.59. The summed E-state index contributed by atoms with van der Waals surface area (Å²) in [6, 6.07) is 20.6. The standard InChI is InChI=1S/C29H30N2O2/c1-3-21-6-4-7-22(16-21)19-31-15-14-30(26-8-5-9-26)20-28(31)29(32)25-11-10-24-18-27(33-2)13-12-23(24)17-25/h1,4,6-7,10-13,16-18,26,28H,5,8-9,14-15,19-20H2,2H3. The Bertz CT molecular complexity index is 1210. The third-order valence-electron chi connectivity index (χ3n) is 7.23. The average molecular weight is 439 g/mol. The number of carbonyl (C=O) groups excluding carboxylic acids is 1. The van der Waals surface area contributed by atoms with Crippen molar-refractivity contribution in [3.8, 4) is 18.1 Å². The summed E-state index contributed by atoms with van der Waals surface area (Å²) >= 11 is 0. The third-order valence-corrected chi connectivity index (χ3v) is 7.23. The molecule has 1 saturated carbocycles. The molecule has 1 aliphatic heterocycles. The van der Waals surface area contributed by atoms with E-state index in [1.807, 2.05) is 48.5 Å². The van der Waals surface area contributed by atoms with Crippen LogP contribution in [-0.4, -0.2) is 54.4 Å². The molecule has 2 aliphatic rings. The van der Waals surface area contributed by atoms with E-state index in [0.717, 1.165) is 59.4 Å². The first kappa shape index (κ1) is 21.7. The summed E-state index contributed by atoms with van der Waals surface area (Å²) in [6.07, 6.45) is 9.42. The van der Waals surface area contributed by atoms with Gasteiger partial charge >= 0.3 is 0 Å². The van der Waals surface area contributed by atoms with Crippen LogP contribution in [0, 0.1) is 12.3 Å². The highest BCUT2D eigenvalue weighted by atomic mass is 16.5. The molecule has 5 rings (SSSR count). The van der Waals surface area contributed by atoms with Crippen LogP contribution in [0.25, 0.3) is 10.8 Å². The summed E-state index contributed by atoms with van der Waals surface area (Å²) in [5, 5.41) is 2.13. The van der Waals surface area contributed by atoms with Crippen molar-refractivity contribution in [1.29, 1.82) is 0 Å². The quantitative estimate of drug-likeness (QED) is 0.411. The molecule has 1 saturated heterocycles. The molecular formula is C29H30N2O2. The lowest BCUT2D eigenvalue weighted by molar-refractivity contribution is 0.0206. The Hall–Kier alpha value is -3.13. The summed E-state index contributed by atoms with van der Waals surface area (Å²) < 4.78 is 5.34. The summed E-state index contributed by atoms with van der Waals surface area (Å²) in [5.74, 6) is 3.75. The molecule has 1 atom stereocenters. The Morgan fingerprint density at radius 2 is 1.88 bits per heavy atom. The van der Waals surface area contributed by atoms with Gasteiger partial charge in [-0.25, -0.2) is 0 Å². The predicted molar refractivity (Wildman–Crippen MR) is 133 cm³/mol. The second kappa shape index (κ2) is 9.39. The number of Topliss-reactive ketones (excluding diaryl/α,β-unsaturated/α-hetero) is 1. The molecule has 1 heterocycles. The van der Waals surface area contributed by atoms with E-state index in [2.05, 4.69) is 27.9 Å². The molecular weight excluding hydrogens is 408 g/mol. The van der Waals surface area contributed by atoms with Crippen molar-refractivity contribution < 1.29 is 9.53 Å². The number of methoxy groups -OCH3 is 1. The van der Waals surface area contributed by atoms with Gasteiger partial charge in [-0.05, 0) is 59.5 Å². The molecule has 33 heavy (non-hydrogen) atoms. The van der Waals surface area contributed by atoms with E-state index in [-0.39, 0.29) is 11.8 Å². The number of fused-ring (bicyclic) bond motifs is 1. The maximum atomic E-state index is 13.8. The number of ether oxygens (including phenoxy) is 1. The molecule has 0 aromatic heterocycles. The number of hydrogen-bond acceptors (Lipinski definition) is 4. The topological polar surface area (TPSA) is 32.8 Å². The van der Waals surface area contributed by atoms with E-state index in [9.17, 15) is 4.79 Å². The molecule has 0 N–H and O–H groups in total. The highest BCUT2D eigenvalue weighted by Crippen LogP contribution is 2.29. The number of rotatable bonds is 6. The van der Waals surface area contributed by atoms with Crippen molar-refractivity contribution in [3.63, 3.8) is 0 Å². The first-order valence-corrected chi connectivity index (χ1v) is 11.8. The van der Waals surface area contributed by atoms with Crippen molar-refractivity contribution in [2.75, 3.05) is 26.7 Å². The average Bonchev–Trinajstić information content (AvgIpc) is 2.83. The number of carbonyl (C=O) groups is 1. The fourth-order valence-electron chi connectivity index (χ4n) is 5.05. The molecule has 168 valence electrons. The van der Waals surface area contributed by atoms with Gasteiger partial charge in [-0.15, -0.1) is 6.42 Å². The first-order valence-electron chi connectivity index (χ1n) is 11.8. The number of hydrogen-bond donors (Lipinski definition) is 0. The highest BCUT2D eigenvalue weighted by molar-refractivity contribution is 6.03. The van der Waals surface area contributed by atoms with Gasteiger partial charge in [0.2, 0.25) is 0 Å². The molecule has 2 fully saturated rings. The van der Waals surface area contributed by atoms with Gasteiger partial charge in [-0.2, -0.15) is 0 Å². The molecule has 1 aliphatic carbocycles. The summed E-state index contributed by atoms with van der Waals surface area (Å²) in [5.41, 5.74) is 2.81. The Morgan fingerprint density at radius 3 is 2.64 bits per heavy atom. The zero-order valence-corrected chi connectivity index (χ0v) is 19.2. The maximum Gasteiger partial charge on any atom is 0.181 e. The minimum atomic E-state index is -0.162. The summed E-state index contributed by atoms with van der Waals surface area (Å²) in [7, 11) is 1.67. The summed E-state index contributed by atoms with van der Waals surface area (Å²) in [4.78, 5) is 18.7. The van der Waals surface area contributed by atoms with E-state index in [1.165, 1.54) is 19.3 Å². The van der Waals surface area contributed by atoms with Crippen LogP contribution in [0.2, 0.25) is 0 Å². The van der Waals surface area contributed by atoms with Crippen molar-refractivity contribution in [2.24, 2.45) is 0 Å². The van der Waals surface area contributed by atoms with E-state index < -0.39 is 0 Å². The molecule has 3 aromatic rings. The number of ketones is 1. The van der Waals surface area contributed by atoms with E-state index in [1.54, 1.807) is 7.11 Å². The second-order valence-electron chi connectivity index (χ2n) is 9.20. The van der Waals surface area contributed by atoms with Crippen LogP contribution in [0.15, 0.2) is 60.7 Å². The Morgan fingerprint density at radius 1 is 1.06 bits per heavy atom. The fraction of sp³-hybridized carbons (Fsp3) is 0.345. The highest BCUT2D eigenvalue weighted by Gasteiger charge is 2.37. The van der Waals surface area contributed by atoms with Crippen LogP contribution >= 0.6 is 0 Å². The minimum Gasteiger partial charge on any atom is -0.497 e. The summed E-state index contributed by atoms with van der Waals surface area (Å²) in [6.45, 7) is 3.42. The van der Waals surface area contributed by atoms with Gasteiger partial charge in [0.15, 0.2) is 5.78 Å². The van der Waals surface area contributed by atoms with E-state index in [4.69, 9.17) is 11.2 Å². The van der Waals surface area contributed by atoms with Gasteiger partial charge in [0.25, 0.3) is 0 Å². The van der Waals surface area contributed by atoms with Crippen LogP contribution in [0.4, 0.5) is 0 Å². The number of piperazine rings is 1. The van der Waals surface area contributed by atoms with Crippen LogP contribution < -0.4 is 4.74 Å². The number of terminal acetylenes is 1. The van der Waals surface area contributed by atoms with Crippen LogP contribution in [0.1, 0.15) is 40.7 Å². The second-order valence-corrected chi connectivity index (χ2v) is 9.20. The Balaban J connectivity index is 1.42. The predicted octanol–water partition coefficient (Wildman–Crippen LogP) is 4.75. The molecule has 0 spiro atoms. The van der Waals surface area contributed by atoms with Crippen molar-refractivity contribution in [2.45, 2.75) is 37.9 Å². The number of nitrogens with zero attached hydrogens (tertiary/aromatic N) is 2. The fourth-order valence-corrected chi connectivity index (χ4v) is 5.05. The number of benzene rings is 3. The van der Waals surface area contributed by atoms with Gasteiger partial charge < -0.3 is 4.74 Å². The molecule has 4 heteroatoms. The van der Waals surface area contributed by atoms with E-state index in [0.29, 0.717) is 6.04 Å². The molecule has 3 aromatic carbocycles. The molecule has 1 unspecified atom stereocenters. The molecule has 4 nitrogen and oxygen atoms in total. The smallest absolute Gasteiger partial charge is 0.181 e. The Labute approximate surface area is 196 Å². The van der Waals surface area contributed by atoms with Crippen LogP contribution in [0.3, 0.4) is 0 Å². The Kier molecular flexibility index (Phi) is 6.17. The van der Waals surface area contributed by atoms with Crippen molar-refractivity contribution >= 4 is 16.6 Å². The van der Waals surface area contributed by atoms with Crippen LogP contribution in [0.5, 0.6) is 5.75 Å². The zero-order valence-electron chi connectivity index (χ0n) is 19.2. The van der Waals surface area contributed by atoms with Gasteiger partial charge in [0.1, 0.15) is 5.75 Å². The SMILES string of the molecule is C#Cc1cccc(CN2CCN(C3CCC3)CC2C(=O)c2ccc3cc(OC)ccc3c2)c1. The molecule has 0 radical (unpaired) electrons. The lowest BCUT2D eigenvalue weighted by Gasteiger charge is -2.46. The molecule has 0 bridgehead atoms. The normalized spacial score (nSPS) is 19.7. The van der Waals surface area contributed by atoms with Crippen LogP contribution in [-0.2, 0) is 6.54 Å². The zero-order chi connectivity index (χ0) is 22.8. The van der Waals surface area contributed by atoms with Gasteiger partial charge in [0, 0.05) is 43.3 Å². The largest absolute Gasteiger partial charge is 0.497 e. The lowest BCUT2D eigenvalue weighted by atomic mass is 9.89. The molecule has 0 amide bonds. The minimum absolute atomic E-state index is 0.162. The maximum absolute atomic E-state index is 13.8. The van der Waals surface area contributed by atoms with E-state index >= 15 is 0 Å².